The summed E-state index contributed by atoms with van der Waals surface area (Å²) in [6, 6.07) is 0. The molecule has 0 heterocycles. The van der Waals surface area contributed by atoms with E-state index in [0.29, 0.717) is 0 Å². The summed E-state index contributed by atoms with van der Waals surface area (Å²) < 4.78 is 4.50. The summed E-state index contributed by atoms with van der Waals surface area (Å²) >= 11 is 0. The van der Waals surface area contributed by atoms with Gasteiger partial charge >= 0.3 is 0 Å². The van der Waals surface area contributed by atoms with Gasteiger partial charge in [0.2, 0.25) is 0 Å². The monoisotopic (exact) mass is 106 g/mol. The topological polar surface area (TPSA) is 49.7 Å². The molecule has 0 aliphatic carbocycles. The first-order chi connectivity index (χ1) is 3.27. The van der Waals surface area contributed by atoms with Crippen LogP contribution in [-0.4, -0.2) is 29.7 Å². The largest absolute Gasteiger partial charge is 0.394 e. The van der Waals surface area contributed by atoms with E-state index in [1.54, 1.807) is 0 Å². The normalized spacial score (nSPS) is 14.1. The molecule has 0 aromatic rings. The molecule has 2 N–H and O–H groups in total. The lowest BCUT2D eigenvalue weighted by molar-refractivity contribution is -0.0932. The van der Waals surface area contributed by atoms with Crippen molar-refractivity contribution in [1.82, 2.24) is 0 Å². The summed E-state index contributed by atoms with van der Waals surface area (Å²) in [5, 5.41) is 16.4. The summed E-state index contributed by atoms with van der Waals surface area (Å²) in [7, 11) is 0. The number of aliphatic hydroxyl groups is 2. The Morgan fingerprint density at radius 3 is 2.43 bits per heavy atom. The molecular formula is C4H10O3. The molecule has 3 nitrogen and oxygen atoms in total. The van der Waals surface area contributed by atoms with Crippen molar-refractivity contribution in [2.45, 2.75) is 13.2 Å². The maximum Gasteiger partial charge on any atom is 0.151 e. The predicted molar refractivity (Wildman–Crippen MR) is 24.7 cm³/mol. The molecule has 1 unspecified atom stereocenters. The Bertz CT molecular complexity index is 35.9. The van der Waals surface area contributed by atoms with Gasteiger partial charge in [0.25, 0.3) is 0 Å². The Labute approximate surface area is 42.5 Å². The molecule has 0 saturated carbocycles. The second-order valence-corrected chi connectivity index (χ2v) is 1.19. The second-order valence-electron chi connectivity index (χ2n) is 1.19. The number of hydrogen-bond donors (Lipinski definition) is 2. The van der Waals surface area contributed by atoms with Gasteiger partial charge in [-0.3, -0.25) is 0 Å². The molecule has 0 fully saturated rings. The summed E-state index contributed by atoms with van der Waals surface area (Å²) in [4.78, 5) is 0. The lowest BCUT2D eigenvalue weighted by Gasteiger charge is -2.01. The summed E-state index contributed by atoms with van der Waals surface area (Å²) in [6.07, 6.45) is -0.757. The van der Waals surface area contributed by atoms with Crippen molar-refractivity contribution < 1.29 is 14.9 Å². The Balaban J connectivity index is 2.68. The van der Waals surface area contributed by atoms with E-state index in [-0.39, 0.29) is 13.2 Å². The van der Waals surface area contributed by atoms with Gasteiger partial charge in [-0.25, -0.2) is 0 Å². The van der Waals surface area contributed by atoms with Crippen LogP contribution >= 0.6 is 0 Å². The van der Waals surface area contributed by atoms with Gasteiger partial charge in [-0.2, -0.15) is 0 Å². The molecule has 0 aliphatic heterocycles. The fourth-order valence-corrected chi connectivity index (χ4v) is 0.223. The van der Waals surface area contributed by atoms with Crippen molar-refractivity contribution in [3.05, 3.63) is 0 Å². The van der Waals surface area contributed by atoms with Crippen LogP contribution in [0, 0.1) is 0 Å². The molecule has 0 rings (SSSR count). The molecule has 1 atom stereocenters. The Morgan fingerprint density at radius 1 is 1.71 bits per heavy atom. The third kappa shape index (κ3) is 5.88. The van der Waals surface area contributed by atoms with Gasteiger partial charge in [-0.15, -0.1) is 0 Å². The van der Waals surface area contributed by atoms with Crippen LogP contribution in [-0.2, 0) is 4.74 Å². The van der Waals surface area contributed by atoms with E-state index >= 15 is 0 Å². The van der Waals surface area contributed by atoms with Crippen LogP contribution in [0.3, 0.4) is 0 Å². The molecule has 0 amide bonds. The van der Waals surface area contributed by atoms with Crippen molar-refractivity contribution in [3.63, 3.8) is 0 Å². The molecule has 0 bridgehead atoms. The van der Waals surface area contributed by atoms with E-state index in [1.165, 1.54) is 6.92 Å². The zero-order valence-electron chi connectivity index (χ0n) is 4.29. The highest BCUT2D eigenvalue weighted by atomic mass is 16.6. The quantitative estimate of drug-likeness (QED) is 0.469. The third-order valence-electron chi connectivity index (χ3n) is 0.450. The highest BCUT2D eigenvalue weighted by Gasteiger charge is 1.89. The maximum absolute atomic E-state index is 8.35. The number of hydrogen-bond acceptors (Lipinski definition) is 3. The molecule has 0 spiro atoms. The van der Waals surface area contributed by atoms with E-state index in [1.807, 2.05) is 0 Å². The molecule has 0 aromatic heterocycles. The summed E-state index contributed by atoms with van der Waals surface area (Å²) in [6.45, 7) is 1.66. The van der Waals surface area contributed by atoms with Crippen LogP contribution in [0.25, 0.3) is 0 Å². The fraction of sp³-hybridized carbons (Fsp3) is 1.00. The summed E-state index contributed by atoms with van der Waals surface area (Å²) in [5.41, 5.74) is 0. The Morgan fingerprint density at radius 2 is 2.29 bits per heavy atom. The van der Waals surface area contributed by atoms with E-state index in [0.717, 1.165) is 0 Å². The minimum atomic E-state index is -0.757. The smallest absolute Gasteiger partial charge is 0.151 e. The van der Waals surface area contributed by atoms with Crippen LogP contribution < -0.4 is 0 Å². The first kappa shape index (κ1) is 6.88. The van der Waals surface area contributed by atoms with Crippen LogP contribution in [0.15, 0.2) is 0 Å². The van der Waals surface area contributed by atoms with Crippen molar-refractivity contribution in [2.75, 3.05) is 13.2 Å². The van der Waals surface area contributed by atoms with Gasteiger partial charge in [-0.05, 0) is 6.92 Å². The second kappa shape index (κ2) is 4.05. The zero-order valence-corrected chi connectivity index (χ0v) is 4.29. The Kier molecular flexibility index (Phi) is 3.98. The van der Waals surface area contributed by atoms with Gasteiger partial charge < -0.3 is 14.9 Å². The maximum atomic E-state index is 8.35. The highest BCUT2D eigenvalue weighted by Crippen LogP contribution is 1.79. The van der Waals surface area contributed by atoms with Gasteiger partial charge in [0.15, 0.2) is 6.29 Å². The molecule has 0 aliphatic rings. The minimum absolute atomic E-state index is 0.0368. The van der Waals surface area contributed by atoms with Crippen molar-refractivity contribution in [1.29, 1.82) is 0 Å². The first-order valence-electron chi connectivity index (χ1n) is 2.18. The summed E-state index contributed by atoms with van der Waals surface area (Å²) in [5.74, 6) is 0. The zero-order chi connectivity index (χ0) is 5.70. The predicted octanol–water partition coefficient (Wildman–Crippen LogP) is -0.666. The van der Waals surface area contributed by atoms with Crippen molar-refractivity contribution in [2.24, 2.45) is 0 Å². The SMILES string of the molecule is CC(O)OCCO. The van der Waals surface area contributed by atoms with E-state index in [9.17, 15) is 0 Å². The number of ether oxygens (including phenoxy) is 1. The number of aliphatic hydroxyl groups excluding tert-OH is 2. The standard InChI is InChI=1S/C4H10O3/c1-4(6)7-3-2-5/h4-6H,2-3H2,1H3. The van der Waals surface area contributed by atoms with Crippen molar-refractivity contribution in [3.8, 4) is 0 Å². The van der Waals surface area contributed by atoms with Gasteiger partial charge in [0.05, 0.1) is 13.2 Å². The lowest BCUT2D eigenvalue weighted by atomic mass is 10.7. The molecule has 44 valence electrons. The fourth-order valence-electron chi connectivity index (χ4n) is 0.223. The molecule has 3 heteroatoms. The first-order valence-corrected chi connectivity index (χ1v) is 2.18. The molecule has 0 radical (unpaired) electrons. The lowest BCUT2D eigenvalue weighted by Crippen LogP contribution is -2.09. The van der Waals surface area contributed by atoms with Gasteiger partial charge in [-0.1, -0.05) is 0 Å². The molecule has 0 aromatic carbocycles. The van der Waals surface area contributed by atoms with Crippen LogP contribution in [0.1, 0.15) is 6.92 Å². The van der Waals surface area contributed by atoms with E-state index in [2.05, 4.69) is 4.74 Å². The van der Waals surface area contributed by atoms with Crippen LogP contribution in [0.2, 0.25) is 0 Å². The van der Waals surface area contributed by atoms with Crippen LogP contribution in [0.4, 0.5) is 0 Å². The Hall–Kier alpha value is -0.120. The van der Waals surface area contributed by atoms with Crippen LogP contribution in [0.5, 0.6) is 0 Å². The van der Waals surface area contributed by atoms with Crippen molar-refractivity contribution >= 4 is 0 Å². The van der Waals surface area contributed by atoms with Gasteiger partial charge in [0, 0.05) is 0 Å². The molecule has 0 saturated heterocycles. The highest BCUT2D eigenvalue weighted by molar-refractivity contribution is 4.24. The van der Waals surface area contributed by atoms with E-state index < -0.39 is 6.29 Å². The number of rotatable bonds is 3. The average Bonchev–Trinajstić information content (AvgIpc) is 1.61. The average molecular weight is 106 g/mol. The molecule has 7 heavy (non-hydrogen) atoms. The van der Waals surface area contributed by atoms with Gasteiger partial charge in [0.1, 0.15) is 0 Å². The third-order valence-corrected chi connectivity index (χ3v) is 0.450. The molecular weight excluding hydrogens is 96.0 g/mol. The van der Waals surface area contributed by atoms with E-state index in [4.69, 9.17) is 10.2 Å². The minimum Gasteiger partial charge on any atom is -0.394 e.